The molecule has 0 spiro atoms. The lowest BCUT2D eigenvalue weighted by Gasteiger charge is -2.02. The van der Waals surface area contributed by atoms with Gasteiger partial charge in [0, 0.05) is 0 Å². The van der Waals surface area contributed by atoms with Crippen LogP contribution in [-0.4, -0.2) is 12.4 Å². The van der Waals surface area contributed by atoms with E-state index in [4.69, 9.17) is 16.3 Å². The van der Waals surface area contributed by atoms with Gasteiger partial charge in [-0.25, -0.2) is 0 Å². The molecule has 0 amide bonds. The van der Waals surface area contributed by atoms with Gasteiger partial charge < -0.3 is 4.74 Å². The second-order valence-electron chi connectivity index (χ2n) is 1.72. The summed E-state index contributed by atoms with van der Waals surface area (Å²) in [6, 6.07) is 0. The van der Waals surface area contributed by atoms with Crippen molar-refractivity contribution in [2.75, 3.05) is 7.11 Å². The van der Waals surface area contributed by atoms with E-state index in [0.29, 0.717) is 0 Å². The van der Waals surface area contributed by atoms with Crippen LogP contribution in [0, 0.1) is 0 Å². The molecule has 0 aliphatic carbocycles. The third-order valence-electron chi connectivity index (χ3n) is 1.04. The fraction of sp³-hybridized carbons (Fsp3) is 0.125. The smallest absolute Gasteiger partial charge is 0.256 e. The van der Waals surface area contributed by atoms with Crippen molar-refractivity contribution in [2.45, 2.75) is 0 Å². The standard InChI is InChI=1S/C8H9ClO2/c1-4-5-7(8(9)10)6(2)11-3/h4-5H,1-2H2,3H3/b7-5+. The number of ether oxygens (including phenoxy) is 1. The first-order valence-electron chi connectivity index (χ1n) is 2.89. The van der Waals surface area contributed by atoms with Crippen LogP contribution in [0.5, 0.6) is 0 Å². The summed E-state index contributed by atoms with van der Waals surface area (Å²) in [5, 5.41) is -0.600. The fourth-order valence-electron chi connectivity index (χ4n) is 0.496. The molecule has 0 unspecified atom stereocenters. The average Bonchev–Trinajstić information content (AvgIpc) is 1.98. The number of halogens is 1. The molecule has 0 N–H and O–H groups in total. The van der Waals surface area contributed by atoms with Crippen molar-refractivity contribution in [3.8, 4) is 0 Å². The van der Waals surface area contributed by atoms with Gasteiger partial charge in [-0.15, -0.1) is 0 Å². The summed E-state index contributed by atoms with van der Waals surface area (Å²) < 4.78 is 4.71. The van der Waals surface area contributed by atoms with Crippen LogP contribution in [0.25, 0.3) is 0 Å². The lowest BCUT2D eigenvalue weighted by atomic mass is 10.2. The molecule has 0 saturated heterocycles. The van der Waals surface area contributed by atoms with Crippen molar-refractivity contribution in [2.24, 2.45) is 0 Å². The maximum absolute atomic E-state index is 10.6. The fourth-order valence-corrected chi connectivity index (χ4v) is 0.664. The summed E-state index contributed by atoms with van der Waals surface area (Å²) in [5.41, 5.74) is 0.226. The van der Waals surface area contributed by atoms with Gasteiger partial charge in [0.25, 0.3) is 5.24 Å². The predicted molar refractivity (Wildman–Crippen MR) is 45.3 cm³/mol. The van der Waals surface area contributed by atoms with Gasteiger partial charge >= 0.3 is 0 Å². The van der Waals surface area contributed by atoms with Crippen LogP contribution in [0.1, 0.15) is 0 Å². The van der Waals surface area contributed by atoms with Gasteiger partial charge in [0.2, 0.25) is 0 Å². The molecule has 0 saturated carbocycles. The number of rotatable bonds is 4. The van der Waals surface area contributed by atoms with E-state index in [1.807, 2.05) is 0 Å². The molecule has 0 aliphatic heterocycles. The molecule has 0 aliphatic rings. The maximum atomic E-state index is 10.6. The molecule has 2 nitrogen and oxygen atoms in total. The quantitative estimate of drug-likeness (QED) is 0.281. The number of hydrogen-bond acceptors (Lipinski definition) is 2. The van der Waals surface area contributed by atoms with E-state index in [1.165, 1.54) is 19.3 Å². The molecule has 0 aromatic rings. The highest BCUT2D eigenvalue weighted by Crippen LogP contribution is 2.11. The Hall–Kier alpha value is -1.02. The molecular weight excluding hydrogens is 164 g/mol. The van der Waals surface area contributed by atoms with Crippen LogP contribution in [0.3, 0.4) is 0 Å². The molecule has 11 heavy (non-hydrogen) atoms. The van der Waals surface area contributed by atoms with E-state index in [2.05, 4.69) is 13.2 Å². The highest BCUT2D eigenvalue weighted by Gasteiger charge is 2.08. The Morgan fingerprint density at radius 3 is 2.45 bits per heavy atom. The highest BCUT2D eigenvalue weighted by molar-refractivity contribution is 6.68. The molecule has 0 rings (SSSR count). The van der Waals surface area contributed by atoms with Crippen LogP contribution in [0.4, 0.5) is 0 Å². The lowest BCUT2D eigenvalue weighted by molar-refractivity contribution is -0.108. The van der Waals surface area contributed by atoms with Gasteiger partial charge in [-0.1, -0.05) is 19.2 Å². The van der Waals surface area contributed by atoms with Crippen molar-refractivity contribution >= 4 is 16.8 Å². The summed E-state index contributed by atoms with van der Waals surface area (Å²) in [5.74, 6) is 0.241. The summed E-state index contributed by atoms with van der Waals surface area (Å²) in [4.78, 5) is 10.6. The number of carbonyl (C=O) groups excluding carboxylic acids is 1. The second kappa shape index (κ2) is 4.74. The second-order valence-corrected chi connectivity index (χ2v) is 2.06. The van der Waals surface area contributed by atoms with Crippen molar-refractivity contribution in [3.05, 3.63) is 36.6 Å². The molecular formula is C8H9ClO2. The summed E-state index contributed by atoms with van der Waals surface area (Å²) in [6.45, 7) is 6.89. The van der Waals surface area contributed by atoms with Gasteiger partial charge in [0.15, 0.2) is 0 Å². The Balaban J connectivity index is 4.61. The molecule has 0 fully saturated rings. The molecule has 0 atom stereocenters. The van der Waals surface area contributed by atoms with E-state index >= 15 is 0 Å². The zero-order chi connectivity index (χ0) is 8.85. The summed E-state index contributed by atoms with van der Waals surface area (Å²) in [7, 11) is 1.42. The first-order chi connectivity index (χ1) is 5.13. The maximum Gasteiger partial charge on any atom is 0.256 e. The van der Waals surface area contributed by atoms with Gasteiger partial charge in [-0.05, 0) is 17.7 Å². The van der Waals surface area contributed by atoms with Crippen LogP contribution in [0.15, 0.2) is 36.6 Å². The predicted octanol–water partition coefficient (Wildman–Crippen LogP) is 2.02. The molecule has 0 aromatic carbocycles. The SMILES string of the molecule is C=C/C=C(\C(=C)OC)C(=O)Cl. The lowest BCUT2D eigenvalue weighted by Crippen LogP contribution is -1.98. The molecule has 0 heterocycles. The zero-order valence-corrected chi connectivity index (χ0v) is 7.02. The number of carbonyl (C=O) groups is 1. The average molecular weight is 173 g/mol. The van der Waals surface area contributed by atoms with Crippen LogP contribution < -0.4 is 0 Å². The first kappa shape index (κ1) is 9.98. The third kappa shape index (κ3) is 3.05. The Labute approximate surface area is 70.8 Å². The minimum absolute atomic E-state index is 0.226. The highest BCUT2D eigenvalue weighted by atomic mass is 35.5. The molecule has 60 valence electrons. The van der Waals surface area contributed by atoms with Crippen molar-refractivity contribution in [1.82, 2.24) is 0 Å². The Kier molecular flexibility index (Phi) is 4.30. The Morgan fingerprint density at radius 2 is 2.18 bits per heavy atom. The van der Waals surface area contributed by atoms with Crippen LogP contribution in [-0.2, 0) is 9.53 Å². The first-order valence-corrected chi connectivity index (χ1v) is 3.27. The van der Waals surface area contributed by atoms with E-state index in [9.17, 15) is 4.79 Å². The van der Waals surface area contributed by atoms with Gasteiger partial charge in [0.1, 0.15) is 5.76 Å². The van der Waals surface area contributed by atoms with E-state index in [1.54, 1.807) is 0 Å². The number of methoxy groups -OCH3 is 1. The van der Waals surface area contributed by atoms with Crippen LogP contribution in [0.2, 0.25) is 0 Å². The minimum Gasteiger partial charge on any atom is -0.497 e. The van der Waals surface area contributed by atoms with Crippen LogP contribution >= 0.6 is 11.6 Å². The topological polar surface area (TPSA) is 26.3 Å². The summed E-state index contributed by atoms with van der Waals surface area (Å²) in [6.07, 6.45) is 2.89. The number of hydrogen-bond donors (Lipinski definition) is 0. The molecule has 0 aromatic heterocycles. The van der Waals surface area contributed by atoms with E-state index in [-0.39, 0.29) is 11.3 Å². The molecule has 0 bridgehead atoms. The van der Waals surface area contributed by atoms with E-state index in [0.717, 1.165) is 0 Å². The third-order valence-corrected chi connectivity index (χ3v) is 1.25. The van der Waals surface area contributed by atoms with Crippen molar-refractivity contribution < 1.29 is 9.53 Å². The summed E-state index contributed by atoms with van der Waals surface area (Å²) >= 11 is 5.20. The Morgan fingerprint density at radius 1 is 1.64 bits per heavy atom. The van der Waals surface area contributed by atoms with Crippen molar-refractivity contribution in [1.29, 1.82) is 0 Å². The number of allylic oxidation sites excluding steroid dienone is 3. The van der Waals surface area contributed by atoms with E-state index < -0.39 is 5.24 Å². The normalized spacial score (nSPS) is 10.5. The van der Waals surface area contributed by atoms with Crippen molar-refractivity contribution in [3.63, 3.8) is 0 Å². The zero-order valence-electron chi connectivity index (χ0n) is 6.26. The monoisotopic (exact) mass is 172 g/mol. The van der Waals surface area contributed by atoms with Gasteiger partial charge in [-0.3, -0.25) is 4.79 Å². The van der Waals surface area contributed by atoms with Gasteiger partial charge in [0.05, 0.1) is 12.7 Å². The largest absolute Gasteiger partial charge is 0.497 e. The Bertz CT molecular complexity index is 216. The molecule has 0 radical (unpaired) electrons. The minimum atomic E-state index is -0.600. The van der Waals surface area contributed by atoms with Gasteiger partial charge in [-0.2, -0.15) is 0 Å². The molecule has 3 heteroatoms.